The Bertz CT molecular complexity index is 829. The predicted octanol–water partition coefficient (Wildman–Crippen LogP) is 3.17. The lowest BCUT2D eigenvalue weighted by Gasteiger charge is -2.12. The average Bonchev–Trinajstić information content (AvgIpc) is 3.07. The van der Waals surface area contributed by atoms with Gasteiger partial charge in [0.05, 0.1) is 6.61 Å². The zero-order chi connectivity index (χ0) is 20.1. The van der Waals surface area contributed by atoms with Gasteiger partial charge in [0.1, 0.15) is 11.5 Å². The highest BCUT2D eigenvalue weighted by molar-refractivity contribution is 5.82. The van der Waals surface area contributed by atoms with Crippen molar-refractivity contribution in [2.45, 2.75) is 45.8 Å². The van der Waals surface area contributed by atoms with Crippen LogP contribution in [-0.2, 0) is 22.6 Å². The summed E-state index contributed by atoms with van der Waals surface area (Å²) in [6, 6.07) is 11.5. The largest absolute Gasteiger partial charge is 0.494 e. The second-order valence-corrected chi connectivity index (χ2v) is 7.06. The van der Waals surface area contributed by atoms with E-state index >= 15 is 0 Å². The van der Waals surface area contributed by atoms with Crippen molar-refractivity contribution in [3.8, 4) is 11.5 Å². The van der Waals surface area contributed by atoms with E-state index in [0.717, 1.165) is 22.4 Å². The number of aliphatic carboxylic acids is 1. The van der Waals surface area contributed by atoms with Crippen molar-refractivity contribution >= 4 is 11.9 Å². The number of hydrogen-bond donors (Lipinski definition) is 2. The van der Waals surface area contributed by atoms with Gasteiger partial charge in [-0.25, -0.2) is 0 Å². The van der Waals surface area contributed by atoms with E-state index in [1.54, 1.807) is 0 Å². The summed E-state index contributed by atoms with van der Waals surface area (Å²) < 4.78 is 11.3. The highest BCUT2D eigenvalue weighted by atomic mass is 16.5. The van der Waals surface area contributed by atoms with Gasteiger partial charge in [-0.1, -0.05) is 18.2 Å². The highest BCUT2D eigenvalue weighted by Crippen LogP contribution is 2.31. The molecule has 2 aromatic rings. The molecule has 1 aliphatic rings. The maximum absolute atomic E-state index is 12.4. The minimum absolute atomic E-state index is 0.0936. The van der Waals surface area contributed by atoms with Crippen LogP contribution in [0.15, 0.2) is 36.4 Å². The molecule has 1 aliphatic heterocycles. The molecular weight excluding hydrogens is 358 g/mol. The Morgan fingerprint density at radius 2 is 1.89 bits per heavy atom. The van der Waals surface area contributed by atoms with Gasteiger partial charge in [-0.2, -0.15) is 0 Å². The smallest absolute Gasteiger partial charge is 0.303 e. The Labute approximate surface area is 164 Å². The highest BCUT2D eigenvalue weighted by Gasteiger charge is 2.29. The third-order valence-corrected chi connectivity index (χ3v) is 4.84. The zero-order valence-corrected chi connectivity index (χ0v) is 16.2. The first-order valence-corrected chi connectivity index (χ1v) is 9.40. The van der Waals surface area contributed by atoms with Crippen molar-refractivity contribution in [3.63, 3.8) is 0 Å². The third kappa shape index (κ3) is 5.03. The van der Waals surface area contributed by atoms with E-state index in [9.17, 15) is 9.59 Å². The maximum atomic E-state index is 12.4. The molecule has 0 saturated carbocycles. The van der Waals surface area contributed by atoms with Crippen molar-refractivity contribution in [3.05, 3.63) is 58.7 Å². The average molecular weight is 383 g/mol. The maximum Gasteiger partial charge on any atom is 0.303 e. The van der Waals surface area contributed by atoms with Crippen LogP contribution in [0.3, 0.4) is 0 Å². The van der Waals surface area contributed by atoms with Crippen LogP contribution in [0.5, 0.6) is 11.5 Å². The monoisotopic (exact) mass is 383 g/mol. The van der Waals surface area contributed by atoms with Crippen LogP contribution in [0.1, 0.15) is 35.1 Å². The van der Waals surface area contributed by atoms with E-state index in [1.165, 1.54) is 5.56 Å². The molecule has 1 atom stereocenters. The number of amides is 1. The first-order valence-electron chi connectivity index (χ1n) is 9.40. The summed E-state index contributed by atoms with van der Waals surface area (Å²) in [6.07, 6.45) is 0.658. The number of aryl methyl sites for hydroxylation is 2. The molecule has 1 amide bonds. The standard InChI is InChI=1S/C22H25NO5/c1-14-10-17-12-20(28-19(17)11-15(14)2)22(26)23-13-16-5-7-18(8-6-16)27-9-3-4-21(24)25/h5-8,10-11,20H,3-4,9,12-13H2,1-2H3,(H,23,26)(H,24,25). The fourth-order valence-corrected chi connectivity index (χ4v) is 3.08. The SMILES string of the molecule is Cc1cc2c(cc1C)OC(C(=O)NCc1ccc(OCCCC(=O)O)cc1)C2. The number of benzene rings is 2. The van der Waals surface area contributed by atoms with E-state index in [2.05, 4.69) is 18.3 Å². The Morgan fingerprint density at radius 3 is 2.61 bits per heavy atom. The van der Waals surface area contributed by atoms with E-state index in [0.29, 0.717) is 31.7 Å². The fourth-order valence-electron chi connectivity index (χ4n) is 3.08. The number of rotatable bonds is 8. The third-order valence-electron chi connectivity index (χ3n) is 4.84. The number of carboxylic acid groups (broad SMARTS) is 1. The molecule has 2 aromatic carbocycles. The summed E-state index contributed by atoms with van der Waals surface area (Å²) in [7, 11) is 0. The van der Waals surface area contributed by atoms with Gasteiger partial charge >= 0.3 is 5.97 Å². The minimum Gasteiger partial charge on any atom is -0.494 e. The molecule has 148 valence electrons. The van der Waals surface area contributed by atoms with Gasteiger partial charge in [-0.3, -0.25) is 9.59 Å². The molecule has 0 radical (unpaired) electrons. The van der Waals surface area contributed by atoms with Crippen LogP contribution < -0.4 is 14.8 Å². The van der Waals surface area contributed by atoms with Crippen LogP contribution in [0.25, 0.3) is 0 Å². The van der Waals surface area contributed by atoms with Crippen molar-refractivity contribution in [1.82, 2.24) is 5.32 Å². The number of hydrogen-bond acceptors (Lipinski definition) is 4. The lowest BCUT2D eigenvalue weighted by atomic mass is 10.0. The minimum atomic E-state index is -0.825. The van der Waals surface area contributed by atoms with Gasteiger partial charge in [0.15, 0.2) is 6.10 Å². The fraction of sp³-hybridized carbons (Fsp3) is 0.364. The molecule has 6 nitrogen and oxygen atoms in total. The van der Waals surface area contributed by atoms with Crippen LogP contribution in [0.2, 0.25) is 0 Å². The molecule has 3 rings (SSSR count). The van der Waals surface area contributed by atoms with Crippen molar-refractivity contribution in [2.75, 3.05) is 6.61 Å². The Hall–Kier alpha value is -3.02. The first kappa shape index (κ1) is 19.7. The second-order valence-electron chi connectivity index (χ2n) is 7.06. The number of carbonyl (C=O) groups is 2. The van der Waals surface area contributed by atoms with Gasteiger partial charge in [0.25, 0.3) is 5.91 Å². The number of fused-ring (bicyclic) bond motifs is 1. The first-order chi connectivity index (χ1) is 13.4. The molecule has 1 heterocycles. The molecule has 0 spiro atoms. The molecule has 6 heteroatoms. The second kappa shape index (κ2) is 8.78. The lowest BCUT2D eigenvalue weighted by Crippen LogP contribution is -2.37. The molecular formula is C22H25NO5. The summed E-state index contributed by atoms with van der Waals surface area (Å²) in [6.45, 7) is 4.86. The summed E-state index contributed by atoms with van der Waals surface area (Å²) >= 11 is 0. The van der Waals surface area contributed by atoms with Gasteiger partial charge < -0.3 is 19.9 Å². The number of carboxylic acids is 1. The summed E-state index contributed by atoms with van der Waals surface area (Å²) in [4.78, 5) is 22.9. The molecule has 28 heavy (non-hydrogen) atoms. The Kier molecular flexibility index (Phi) is 6.19. The van der Waals surface area contributed by atoms with E-state index in [1.807, 2.05) is 37.3 Å². The van der Waals surface area contributed by atoms with Gasteiger partial charge in [0.2, 0.25) is 0 Å². The summed E-state index contributed by atoms with van der Waals surface area (Å²) in [5.74, 6) is 0.531. The van der Waals surface area contributed by atoms with E-state index in [-0.39, 0.29) is 12.3 Å². The molecule has 2 N–H and O–H groups in total. The summed E-state index contributed by atoms with van der Waals surface area (Å²) in [5, 5.41) is 11.5. The van der Waals surface area contributed by atoms with Crippen molar-refractivity contribution < 1.29 is 24.2 Å². The van der Waals surface area contributed by atoms with E-state index < -0.39 is 12.1 Å². The quantitative estimate of drug-likeness (QED) is 0.684. The van der Waals surface area contributed by atoms with Crippen LogP contribution >= 0.6 is 0 Å². The van der Waals surface area contributed by atoms with Crippen LogP contribution in [0, 0.1) is 13.8 Å². The topological polar surface area (TPSA) is 84.9 Å². The van der Waals surface area contributed by atoms with Crippen molar-refractivity contribution in [2.24, 2.45) is 0 Å². The molecule has 0 aromatic heterocycles. The lowest BCUT2D eigenvalue weighted by molar-refractivity contribution is -0.137. The van der Waals surface area contributed by atoms with Crippen LogP contribution in [0.4, 0.5) is 0 Å². The molecule has 0 saturated heterocycles. The Morgan fingerprint density at radius 1 is 1.18 bits per heavy atom. The summed E-state index contributed by atoms with van der Waals surface area (Å²) in [5.41, 5.74) is 4.39. The number of carbonyl (C=O) groups excluding carboxylic acids is 1. The number of ether oxygens (including phenoxy) is 2. The molecule has 0 bridgehead atoms. The zero-order valence-electron chi connectivity index (χ0n) is 16.2. The molecule has 0 fully saturated rings. The van der Waals surface area contributed by atoms with Gasteiger partial charge in [0, 0.05) is 19.4 Å². The van der Waals surface area contributed by atoms with E-state index in [4.69, 9.17) is 14.6 Å². The van der Waals surface area contributed by atoms with Gasteiger partial charge in [-0.05, 0) is 60.7 Å². The van der Waals surface area contributed by atoms with Crippen molar-refractivity contribution in [1.29, 1.82) is 0 Å². The Balaban J connectivity index is 1.45. The normalized spacial score (nSPS) is 14.9. The molecule has 0 aliphatic carbocycles. The predicted molar refractivity (Wildman–Crippen MR) is 105 cm³/mol. The number of nitrogens with one attached hydrogen (secondary N) is 1. The molecule has 1 unspecified atom stereocenters. The van der Waals surface area contributed by atoms with Gasteiger partial charge in [-0.15, -0.1) is 0 Å². The van der Waals surface area contributed by atoms with Crippen LogP contribution in [-0.4, -0.2) is 29.7 Å².